The fourth-order valence-corrected chi connectivity index (χ4v) is 10.7. The molecule has 0 bridgehead atoms. The van der Waals surface area contributed by atoms with Crippen LogP contribution in [0.3, 0.4) is 0 Å². The maximum Gasteiger partial charge on any atom is 0.186 e. The average Bonchev–Trinajstić information content (AvgIpc) is 3.30. The Bertz CT molecular complexity index is 918. The van der Waals surface area contributed by atoms with Crippen molar-refractivity contribution in [3.63, 3.8) is 0 Å². The van der Waals surface area contributed by atoms with E-state index in [1.807, 2.05) is 0 Å². The Labute approximate surface area is 249 Å². The van der Waals surface area contributed by atoms with Crippen LogP contribution in [0.4, 0.5) is 0 Å². The van der Waals surface area contributed by atoms with E-state index in [0.717, 1.165) is 48.9 Å². The summed E-state index contributed by atoms with van der Waals surface area (Å²) in [6.07, 6.45) is 10.0. The summed E-state index contributed by atoms with van der Waals surface area (Å²) in [6.45, 7) is 14.4. The highest BCUT2D eigenvalue weighted by Crippen LogP contribution is 2.67. The van der Waals surface area contributed by atoms with Crippen LogP contribution in [0.5, 0.6) is 0 Å². The first kappa shape index (κ1) is 31.9. The SMILES string of the molecule is CC[C@H](CC[C@@H](C)C1=CC[C@H]2[C@@H]3CC[C@H]4C[C@H](O[C@H]5O[C@H](CO)[C@H](O)[C@H](O)[C@H]5O)CC[C@]4(C)[C@H]3CC[C@]12C)C(C)C. The van der Waals surface area contributed by atoms with Gasteiger partial charge in [-0.15, -0.1) is 0 Å². The molecule has 0 spiro atoms. The van der Waals surface area contributed by atoms with Gasteiger partial charge in [0.2, 0.25) is 0 Å². The Kier molecular flexibility index (Phi) is 9.71. The van der Waals surface area contributed by atoms with E-state index in [2.05, 4.69) is 47.6 Å². The van der Waals surface area contributed by atoms with Crippen LogP contribution < -0.4 is 0 Å². The molecule has 0 aromatic heterocycles. The van der Waals surface area contributed by atoms with E-state index in [9.17, 15) is 20.4 Å². The first-order valence-electron chi connectivity index (χ1n) is 17.1. The van der Waals surface area contributed by atoms with Crippen LogP contribution in [0.15, 0.2) is 11.6 Å². The van der Waals surface area contributed by atoms with E-state index in [1.165, 1.54) is 51.4 Å². The minimum absolute atomic E-state index is 0.0432. The average molecular weight is 577 g/mol. The van der Waals surface area contributed by atoms with E-state index >= 15 is 0 Å². The lowest BCUT2D eigenvalue weighted by molar-refractivity contribution is -0.316. The van der Waals surface area contributed by atoms with Gasteiger partial charge in [-0.2, -0.15) is 0 Å². The van der Waals surface area contributed by atoms with Crippen LogP contribution >= 0.6 is 0 Å². The van der Waals surface area contributed by atoms with Crippen molar-refractivity contribution in [2.75, 3.05) is 6.61 Å². The summed E-state index contributed by atoms with van der Waals surface area (Å²) in [5.74, 6) is 5.25. The number of fused-ring (bicyclic) bond motifs is 5. The highest BCUT2D eigenvalue weighted by atomic mass is 16.7. The molecule has 3 saturated carbocycles. The zero-order valence-corrected chi connectivity index (χ0v) is 26.7. The molecule has 0 aromatic carbocycles. The van der Waals surface area contributed by atoms with Gasteiger partial charge in [0.05, 0.1) is 12.7 Å². The van der Waals surface area contributed by atoms with Gasteiger partial charge in [-0.1, -0.05) is 59.6 Å². The maximum atomic E-state index is 10.5. The predicted molar refractivity (Wildman–Crippen MR) is 161 cm³/mol. The lowest BCUT2D eigenvalue weighted by Gasteiger charge is -2.61. The highest BCUT2D eigenvalue weighted by Gasteiger charge is 2.59. The van der Waals surface area contributed by atoms with Crippen molar-refractivity contribution in [3.8, 4) is 0 Å². The molecule has 6 heteroatoms. The first-order valence-corrected chi connectivity index (χ1v) is 17.1. The molecule has 5 aliphatic rings. The second kappa shape index (κ2) is 12.5. The minimum atomic E-state index is -1.39. The number of hydrogen-bond donors (Lipinski definition) is 4. The zero-order chi connectivity index (χ0) is 29.7. The normalized spacial score (nSPS) is 47.7. The summed E-state index contributed by atoms with van der Waals surface area (Å²) in [6, 6.07) is 0. The molecule has 1 saturated heterocycles. The second-order valence-electron chi connectivity index (χ2n) is 15.6. The van der Waals surface area contributed by atoms with Crippen LogP contribution in [0.2, 0.25) is 0 Å². The molecule has 1 aliphatic heterocycles. The molecule has 0 aromatic rings. The summed E-state index contributed by atoms with van der Waals surface area (Å²) in [7, 11) is 0. The van der Waals surface area contributed by atoms with Gasteiger partial charge in [-0.25, -0.2) is 0 Å². The summed E-state index contributed by atoms with van der Waals surface area (Å²) in [5.41, 5.74) is 2.47. The zero-order valence-electron chi connectivity index (χ0n) is 26.7. The Morgan fingerprint density at radius 1 is 0.951 bits per heavy atom. The molecule has 14 atom stereocenters. The van der Waals surface area contributed by atoms with Crippen molar-refractivity contribution in [1.82, 2.24) is 0 Å². The van der Waals surface area contributed by atoms with Crippen molar-refractivity contribution >= 4 is 0 Å². The maximum absolute atomic E-state index is 10.5. The first-order chi connectivity index (χ1) is 19.4. The molecule has 0 amide bonds. The van der Waals surface area contributed by atoms with E-state index in [4.69, 9.17) is 9.47 Å². The van der Waals surface area contributed by atoms with Gasteiger partial charge in [0, 0.05) is 0 Å². The van der Waals surface area contributed by atoms with Gasteiger partial charge in [-0.05, 0) is 116 Å². The van der Waals surface area contributed by atoms with Gasteiger partial charge >= 0.3 is 0 Å². The highest BCUT2D eigenvalue weighted by molar-refractivity contribution is 5.27. The quantitative estimate of drug-likeness (QED) is 0.203. The fraction of sp³-hybridized carbons (Fsp3) is 0.943. The summed E-state index contributed by atoms with van der Waals surface area (Å²) < 4.78 is 11.9. The molecule has 1 heterocycles. The van der Waals surface area contributed by atoms with Crippen LogP contribution in [0.1, 0.15) is 112 Å². The van der Waals surface area contributed by atoms with Crippen molar-refractivity contribution in [1.29, 1.82) is 0 Å². The van der Waals surface area contributed by atoms with Gasteiger partial charge < -0.3 is 29.9 Å². The Morgan fingerprint density at radius 2 is 1.71 bits per heavy atom. The molecule has 4 N–H and O–H groups in total. The molecule has 41 heavy (non-hydrogen) atoms. The minimum Gasteiger partial charge on any atom is -0.394 e. The number of aliphatic hydroxyl groups is 4. The van der Waals surface area contributed by atoms with Gasteiger partial charge in [0.1, 0.15) is 24.4 Å². The summed E-state index contributed by atoms with van der Waals surface area (Å²) in [4.78, 5) is 0. The fourth-order valence-electron chi connectivity index (χ4n) is 10.7. The Hall–Kier alpha value is -0.500. The Balaban J connectivity index is 1.21. The molecular weight excluding hydrogens is 516 g/mol. The van der Waals surface area contributed by atoms with Gasteiger partial charge in [0.15, 0.2) is 6.29 Å². The third-order valence-corrected chi connectivity index (χ3v) is 13.4. The number of allylic oxidation sites excluding steroid dienone is 2. The van der Waals surface area contributed by atoms with Gasteiger partial charge in [0.25, 0.3) is 0 Å². The third-order valence-electron chi connectivity index (χ3n) is 13.4. The standard InChI is InChI=1S/C35H60O6/c1-7-22(20(2)3)9-8-21(4)26-12-13-27-25-11-10-23-18-24(14-16-34(23,5)28(25)15-17-35(26,27)6)40-33-32(39)31(38)30(37)29(19-36)41-33/h12,20-25,27-33,36-39H,7-11,13-19H2,1-6H3/t21-,22-,23+,24-,25+,27+,28+,29-,30+,31+,32-,33+,34+,35-/m1/s1. The van der Waals surface area contributed by atoms with Gasteiger partial charge in [-0.3, -0.25) is 0 Å². The molecule has 0 unspecified atom stereocenters. The van der Waals surface area contributed by atoms with Crippen molar-refractivity contribution < 1.29 is 29.9 Å². The lowest BCUT2D eigenvalue weighted by atomic mass is 9.44. The Morgan fingerprint density at radius 3 is 2.39 bits per heavy atom. The molecule has 0 radical (unpaired) electrons. The van der Waals surface area contributed by atoms with Crippen molar-refractivity contribution in [3.05, 3.63) is 11.6 Å². The second-order valence-corrected chi connectivity index (χ2v) is 15.6. The van der Waals surface area contributed by atoms with E-state index in [1.54, 1.807) is 5.57 Å². The number of hydrogen-bond acceptors (Lipinski definition) is 6. The molecule has 4 aliphatic carbocycles. The summed E-state index contributed by atoms with van der Waals surface area (Å²) in [5, 5.41) is 40.4. The molecular formula is C35H60O6. The summed E-state index contributed by atoms with van der Waals surface area (Å²) >= 11 is 0. The molecule has 4 fully saturated rings. The van der Waals surface area contributed by atoms with E-state index in [0.29, 0.717) is 22.7 Å². The van der Waals surface area contributed by atoms with Crippen LogP contribution in [0, 0.1) is 52.3 Å². The van der Waals surface area contributed by atoms with Crippen molar-refractivity contribution in [2.45, 2.75) is 149 Å². The van der Waals surface area contributed by atoms with E-state index < -0.39 is 37.3 Å². The van der Waals surface area contributed by atoms with Crippen LogP contribution in [-0.4, -0.2) is 63.8 Å². The van der Waals surface area contributed by atoms with E-state index in [-0.39, 0.29) is 6.10 Å². The molecule has 5 rings (SSSR count). The molecule has 236 valence electrons. The largest absolute Gasteiger partial charge is 0.394 e. The predicted octanol–water partition coefficient (Wildman–Crippen LogP) is 5.85. The number of aliphatic hydroxyl groups excluding tert-OH is 4. The monoisotopic (exact) mass is 576 g/mol. The smallest absolute Gasteiger partial charge is 0.186 e. The third kappa shape index (κ3) is 5.73. The van der Waals surface area contributed by atoms with Crippen LogP contribution in [0.25, 0.3) is 0 Å². The number of ether oxygens (including phenoxy) is 2. The van der Waals surface area contributed by atoms with Crippen molar-refractivity contribution in [2.24, 2.45) is 52.3 Å². The van der Waals surface area contributed by atoms with Crippen LogP contribution in [-0.2, 0) is 9.47 Å². The number of rotatable bonds is 9. The molecule has 6 nitrogen and oxygen atoms in total. The topological polar surface area (TPSA) is 99.4 Å². The lowest BCUT2D eigenvalue weighted by Crippen LogP contribution is -2.60.